The maximum Gasteiger partial charge on any atom is 0.407 e. The van der Waals surface area contributed by atoms with Gasteiger partial charge in [-0.25, -0.2) is 9.59 Å². The molecule has 0 saturated heterocycles. The summed E-state index contributed by atoms with van der Waals surface area (Å²) in [6, 6.07) is 15.8. The number of ether oxygens (including phenoxy) is 1. The fourth-order valence-electron chi connectivity index (χ4n) is 3.94. The Hall–Kier alpha value is -3.79. The Bertz CT molecular complexity index is 1010. The van der Waals surface area contributed by atoms with Gasteiger partial charge in [-0.05, 0) is 28.7 Å². The van der Waals surface area contributed by atoms with Crippen molar-refractivity contribution < 1.29 is 24.2 Å². The molecule has 32 heavy (non-hydrogen) atoms. The van der Waals surface area contributed by atoms with Crippen LogP contribution in [0.4, 0.5) is 4.79 Å². The van der Waals surface area contributed by atoms with Crippen molar-refractivity contribution in [3.05, 3.63) is 59.7 Å². The first-order valence-electron chi connectivity index (χ1n) is 10.6. The number of amides is 2. The zero-order valence-corrected chi connectivity index (χ0v) is 17.9. The number of aliphatic carboxylic acids is 1. The number of rotatable bonds is 8. The van der Waals surface area contributed by atoms with Gasteiger partial charge in [0.1, 0.15) is 6.61 Å². The summed E-state index contributed by atoms with van der Waals surface area (Å²) in [5.74, 6) is 2.67. The van der Waals surface area contributed by atoms with Crippen molar-refractivity contribution in [3.63, 3.8) is 0 Å². The van der Waals surface area contributed by atoms with Crippen LogP contribution in [0.3, 0.4) is 0 Å². The van der Waals surface area contributed by atoms with Gasteiger partial charge >= 0.3 is 12.1 Å². The first-order valence-corrected chi connectivity index (χ1v) is 10.6. The van der Waals surface area contributed by atoms with Crippen LogP contribution >= 0.6 is 0 Å². The van der Waals surface area contributed by atoms with Crippen molar-refractivity contribution in [2.75, 3.05) is 13.2 Å². The number of carbonyl (C=O) groups excluding carboxylic acids is 2. The second-order valence-electron chi connectivity index (χ2n) is 7.54. The fourth-order valence-corrected chi connectivity index (χ4v) is 3.94. The first-order chi connectivity index (χ1) is 15.5. The molecule has 1 atom stereocenters. The lowest BCUT2D eigenvalue weighted by Crippen LogP contribution is -2.40. The van der Waals surface area contributed by atoms with Crippen molar-refractivity contribution in [1.82, 2.24) is 10.6 Å². The summed E-state index contributed by atoms with van der Waals surface area (Å²) in [7, 11) is 0. The third-order valence-electron chi connectivity index (χ3n) is 5.30. The Morgan fingerprint density at radius 2 is 1.69 bits per heavy atom. The molecule has 0 heterocycles. The van der Waals surface area contributed by atoms with Gasteiger partial charge in [0.15, 0.2) is 0 Å². The Morgan fingerprint density at radius 3 is 2.28 bits per heavy atom. The summed E-state index contributed by atoms with van der Waals surface area (Å²) in [6.45, 7) is 2.10. The zero-order valence-electron chi connectivity index (χ0n) is 17.9. The lowest BCUT2D eigenvalue weighted by Gasteiger charge is -2.19. The zero-order chi connectivity index (χ0) is 22.9. The van der Waals surface area contributed by atoms with Crippen LogP contribution in [0.25, 0.3) is 11.1 Å². The average molecular weight is 434 g/mol. The molecule has 2 amide bonds. The van der Waals surface area contributed by atoms with E-state index in [1.54, 1.807) is 0 Å². The third kappa shape index (κ3) is 5.88. The molecule has 0 fully saturated rings. The number of hydrogen-bond acceptors (Lipinski definition) is 4. The molecule has 0 saturated carbocycles. The van der Waals surface area contributed by atoms with E-state index in [9.17, 15) is 14.4 Å². The molecular formula is C25H26N2O5. The van der Waals surface area contributed by atoms with Crippen molar-refractivity contribution in [2.45, 2.75) is 38.1 Å². The second-order valence-corrected chi connectivity index (χ2v) is 7.54. The molecule has 7 nitrogen and oxygen atoms in total. The van der Waals surface area contributed by atoms with Gasteiger partial charge < -0.3 is 20.5 Å². The molecule has 0 aliphatic heterocycles. The number of carboxylic acids is 1. The van der Waals surface area contributed by atoms with E-state index in [1.807, 2.05) is 37.1 Å². The summed E-state index contributed by atoms with van der Waals surface area (Å²) in [6.07, 6.45) is 0.884. The van der Waals surface area contributed by atoms with Crippen LogP contribution in [0.1, 0.15) is 43.2 Å². The van der Waals surface area contributed by atoms with E-state index in [1.165, 1.54) is 0 Å². The highest BCUT2D eigenvalue weighted by Crippen LogP contribution is 2.44. The van der Waals surface area contributed by atoms with Crippen molar-refractivity contribution in [3.8, 4) is 23.0 Å². The monoisotopic (exact) mass is 434 g/mol. The summed E-state index contributed by atoms with van der Waals surface area (Å²) in [5, 5.41) is 13.8. The molecular weight excluding hydrogens is 408 g/mol. The number of carbonyl (C=O) groups is 3. The minimum absolute atomic E-state index is 0.0334. The Labute approximate surface area is 187 Å². The normalized spacial score (nSPS) is 12.5. The molecule has 1 aliphatic rings. The SMILES string of the molecule is CCCC(CC(=O)NCC#CC(=O)O)NC(=O)OCC1c2ccccc2-c2ccccc21. The summed E-state index contributed by atoms with van der Waals surface area (Å²) in [4.78, 5) is 34.9. The van der Waals surface area contributed by atoms with Gasteiger partial charge in [-0.15, -0.1) is 0 Å². The maximum atomic E-state index is 12.5. The predicted molar refractivity (Wildman–Crippen MR) is 120 cm³/mol. The fraction of sp³-hybridized carbons (Fsp3) is 0.320. The van der Waals surface area contributed by atoms with Crippen molar-refractivity contribution >= 4 is 18.0 Å². The summed E-state index contributed by atoms with van der Waals surface area (Å²) < 4.78 is 5.55. The van der Waals surface area contributed by atoms with Crippen LogP contribution in [0, 0.1) is 11.8 Å². The maximum absolute atomic E-state index is 12.5. The first kappa shape index (κ1) is 22.9. The van der Waals surface area contributed by atoms with Gasteiger partial charge in [0.05, 0.1) is 6.54 Å². The van der Waals surface area contributed by atoms with Crippen LogP contribution in [0.15, 0.2) is 48.5 Å². The Morgan fingerprint density at radius 1 is 1.06 bits per heavy atom. The standard InChI is InChI=1S/C25H26N2O5/c1-2-8-17(15-23(28)26-14-7-13-24(29)30)27-25(31)32-16-22-20-11-5-3-9-18(20)19-10-4-6-12-21(19)22/h3-6,9-12,17,22H,2,8,14-16H2,1H3,(H,26,28)(H,27,31)(H,29,30). The lowest BCUT2D eigenvalue weighted by atomic mass is 9.98. The quantitative estimate of drug-likeness (QED) is 0.553. The summed E-state index contributed by atoms with van der Waals surface area (Å²) >= 11 is 0. The summed E-state index contributed by atoms with van der Waals surface area (Å²) in [5.41, 5.74) is 4.58. The number of benzene rings is 2. The van der Waals surface area contributed by atoms with Crippen molar-refractivity contribution in [2.24, 2.45) is 0 Å². The van der Waals surface area contributed by atoms with E-state index < -0.39 is 12.1 Å². The molecule has 2 aromatic carbocycles. The Balaban J connectivity index is 1.55. The number of fused-ring (bicyclic) bond motifs is 3. The third-order valence-corrected chi connectivity index (χ3v) is 5.30. The molecule has 166 valence electrons. The topological polar surface area (TPSA) is 105 Å². The predicted octanol–water partition coefficient (Wildman–Crippen LogP) is 3.29. The van der Waals surface area contributed by atoms with Gasteiger partial charge in [0.25, 0.3) is 0 Å². The minimum atomic E-state index is -1.25. The second kappa shape index (κ2) is 11.0. The van der Waals surface area contributed by atoms with E-state index in [0.29, 0.717) is 6.42 Å². The smallest absolute Gasteiger partial charge is 0.407 e. The van der Waals surface area contributed by atoms with Gasteiger partial charge in [-0.2, -0.15) is 0 Å². The number of carboxylic acid groups (broad SMARTS) is 1. The molecule has 0 bridgehead atoms. The molecule has 0 aromatic heterocycles. The van der Waals surface area contributed by atoms with E-state index in [-0.39, 0.29) is 37.4 Å². The van der Waals surface area contributed by atoms with Crippen LogP contribution in [-0.2, 0) is 14.3 Å². The van der Waals surface area contributed by atoms with Crippen LogP contribution in [0.5, 0.6) is 0 Å². The lowest BCUT2D eigenvalue weighted by molar-refractivity contribution is -0.130. The molecule has 3 N–H and O–H groups in total. The number of hydrogen-bond donors (Lipinski definition) is 3. The Kier molecular flexibility index (Phi) is 7.87. The highest BCUT2D eigenvalue weighted by atomic mass is 16.5. The van der Waals surface area contributed by atoms with E-state index >= 15 is 0 Å². The largest absolute Gasteiger partial charge is 0.472 e. The highest BCUT2D eigenvalue weighted by molar-refractivity contribution is 5.86. The average Bonchev–Trinajstić information content (AvgIpc) is 3.09. The van der Waals surface area contributed by atoms with Crippen LogP contribution < -0.4 is 10.6 Å². The molecule has 1 unspecified atom stereocenters. The molecule has 2 aromatic rings. The number of nitrogens with one attached hydrogen (secondary N) is 2. The van der Waals surface area contributed by atoms with Crippen molar-refractivity contribution in [1.29, 1.82) is 0 Å². The minimum Gasteiger partial charge on any atom is -0.472 e. The molecule has 3 rings (SSSR count). The molecule has 1 aliphatic carbocycles. The van der Waals surface area contributed by atoms with Gasteiger partial charge in [-0.3, -0.25) is 4.79 Å². The van der Waals surface area contributed by atoms with Gasteiger partial charge in [0.2, 0.25) is 5.91 Å². The molecule has 7 heteroatoms. The molecule has 0 radical (unpaired) electrons. The van der Waals surface area contributed by atoms with Gasteiger partial charge in [-0.1, -0.05) is 67.8 Å². The van der Waals surface area contributed by atoms with E-state index in [0.717, 1.165) is 28.7 Å². The van der Waals surface area contributed by atoms with E-state index in [2.05, 4.69) is 40.8 Å². The van der Waals surface area contributed by atoms with Crippen LogP contribution in [-0.4, -0.2) is 42.3 Å². The molecule has 0 spiro atoms. The van der Waals surface area contributed by atoms with E-state index in [4.69, 9.17) is 9.84 Å². The highest BCUT2D eigenvalue weighted by Gasteiger charge is 2.29. The van der Waals surface area contributed by atoms with Crippen LogP contribution in [0.2, 0.25) is 0 Å². The number of alkyl carbamates (subject to hydrolysis) is 1. The van der Waals surface area contributed by atoms with Gasteiger partial charge in [0, 0.05) is 24.3 Å².